The summed E-state index contributed by atoms with van der Waals surface area (Å²) >= 11 is 0. The summed E-state index contributed by atoms with van der Waals surface area (Å²) in [5.41, 5.74) is 1.69. The molecule has 1 aromatic rings. The van der Waals surface area contributed by atoms with Crippen LogP contribution >= 0.6 is 0 Å². The first-order chi connectivity index (χ1) is 8.70. The minimum absolute atomic E-state index is 0.0114. The molecule has 2 N–H and O–H groups in total. The van der Waals surface area contributed by atoms with Gasteiger partial charge in [-0.25, -0.2) is 4.68 Å². The second-order valence-corrected chi connectivity index (χ2v) is 4.37. The van der Waals surface area contributed by atoms with Crippen LogP contribution in [0.15, 0.2) is 10.9 Å². The fourth-order valence-corrected chi connectivity index (χ4v) is 2.02. The molecule has 2 heterocycles. The Morgan fingerprint density at radius 3 is 3.22 bits per heavy atom. The molecule has 0 aromatic carbocycles. The van der Waals surface area contributed by atoms with E-state index in [1.165, 1.54) is 4.68 Å². The van der Waals surface area contributed by atoms with Crippen molar-refractivity contribution in [1.82, 2.24) is 15.1 Å². The van der Waals surface area contributed by atoms with Crippen molar-refractivity contribution >= 4 is 11.6 Å². The van der Waals surface area contributed by atoms with Crippen LogP contribution in [0.4, 0.5) is 5.69 Å². The molecule has 0 radical (unpaired) electrons. The van der Waals surface area contributed by atoms with Gasteiger partial charge in [-0.2, -0.15) is 5.10 Å². The lowest BCUT2D eigenvalue weighted by molar-refractivity contribution is -0.120. The van der Waals surface area contributed by atoms with Crippen LogP contribution < -0.4 is 16.2 Å². The van der Waals surface area contributed by atoms with Gasteiger partial charge in [0.1, 0.15) is 0 Å². The van der Waals surface area contributed by atoms with Gasteiger partial charge in [0.05, 0.1) is 11.4 Å². The molecule has 6 heteroatoms. The van der Waals surface area contributed by atoms with Crippen LogP contribution in [-0.2, 0) is 17.8 Å². The first kappa shape index (κ1) is 12.6. The molecule has 1 aromatic heterocycles. The zero-order valence-electron chi connectivity index (χ0n) is 10.5. The molecular formula is C12H18N4O2. The Morgan fingerprint density at radius 2 is 2.44 bits per heavy atom. The Hall–Kier alpha value is -1.85. The maximum absolute atomic E-state index is 11.8. The molecule has 0 unspecified atom stereocenters. The summed E-state index contributed by atoms with van der Waals surface area (Å²) in [5.74, 6) is -0.0114. The Balaban J connectivity index is 2.04. The average molecular weight is 250 g/mol. The number of hydrogen-bond donors (Lipinski definition) is 2. The Labute approximate surface area is 105 Å². The SMILES string of the molecule is CNC(=O)CCCn1nc2c(cc1=O)NCCC2. The highest BCUT2D eigenvalue weighted by atomic mass is 16.1. The molecule has 98 valence electrons. The van der Waals surface area contributed by atoms with Crippen LogP contribution in [0.3, 0.4) is 0 Å². The lowest BCUT2D eigenvalue weighted by Gasteiger charge is -2.17. The van der Waals surface area contributed by atoms with Crippen molar-refractivity contribution in [2.24, 2.45) is 0 Å². The van der Waals surface area contributed by atoms with E-state index in [0.717, 1.165) is 30.8 Å². The van der Waals surface area contributed by atoms with E-state index in [4.69, 9.17) is 0 Å². The molecule has 0 bridgehead atoms. The largest absolute Gasteiger partial charge is 0.383 e. The van der Waals surface area contributed by atoms with E-state index in [1.807, 2.05) is 0 Å². The fraction of sp³-hybridized carbons (Fsp3) is 0.583. The van der Waals surface area contributed by atoms with Gasteiger partial charge in [-0.15, -0.1) is 0 Å². The normalized spacial score (nSPS) is 13.6. The van der Waals surface area contributed by atoms with E-state index >= 15 is 0 Å². The maximum Gasteiger partial charge on any atom is 0.268 e. The standard InChI is InChI=1S/C12H18N4O2/c1-13-11(17)5-3-7-16-12(18)8-10-9(15-16)4-2-6-14-10/h8,14H,2-7H2,1H3,(H,13,17). The number of rotatable bonds is 4. The molecule has 0 atom stereocenters. The quantitative estimate of drug-likeness (QED) is 0.796. The third kappa shape index (κ3) is 2.88. The number of carbonyl (C=O) groups is 1. The van der Waals surface area contributed by atoms with Crippen LogP contribution in [-0.4, -0.2) is 29.3 Å². The summed E-state index contributed by atoms with van der Waals surface area (Å²) in [6, 6.07) is 1.60. The smallest absolute Gasteiger partial charge is 0.268 e. The van der Waals surface area contributed by atoms with E-state index in [9.17, 15) is 9.59 Å². The zero-order valence-corrected chi connectivity index (χ0v) is 10.5. The predicted molar refractivity (Wildman–Crippen MR) is 68.6 cm³/mol. The molecule has 1 amide bonds. The van der Waals surface area contributed by atoms with Crippen molar-refractivity contribution in [2.45, 2.75) is 32.2 Å². The lowest BCUT2D eigenvalue weighted by atomic mass is 10.1. The van der Waals surface area contributed by atoms with Gasteiger partial charge in [-0.1, -0.05) is 0 Å². The number of amides is 1. The molecule has 1 aliphatic rings. The molecule has 6 nitrogen and oxygen atoms in total. The Morgan fingerprint density at radius 1 is 1.61 bits per heavy atom. The summed E-state index contributed by atoms with van der Waals surface area (Å²) in [4.78, 5) is 22.9. The molecule has 18 heavy (non-hydrogen) atoms. The van der Waals surface area contributed by atoms with Crippen molar-refractivity contribution in [3.05, 3.63) is 22.1 Å². The minimum atomic E-state index is -0.111. The number of carbonyl (C=O) groups excluding carboxylic acids is 1. The lowest BCUT2D eigenvalue weighted by Crippen LogP contribution is -2.28. The minimum Gasteiger partial charge on any atom is -0.383 e. The Kier molecular flexibility index (Phi) is 3.96. The monoisotopic (exact) mass is 250 g/mol. The van der Waals surface area contributed by atoms with Gasteiger partial charge < -0.3 is 10.6 Å². The van der Waals surface area contributed by atoms with Crippen LogP contribution in [0.5, 0.6) is 0 Å². The summed E-state index contributed by atoms with van der Waals surface area (Å²) in [6.45, 7) is 1.38. The number of nitrogens with one attached hydrogen (secondary N) is 2. The molecule has 0 saturated heterocycles. The highest BCUT2D eigenvalue weighted by Gasteiger charge is 2.12. The average Bonchev–Trinajstić information content (AvgIpc) is 2.39. The number of anilines is 1. The maximum atomic E-state index is 11.8. The first-order valence-corrected chi connectivity index (χ1v) is 6.26. The van der Waals surface area contributed by atoms with E-state index in [1.54, 1.807) is 13.1 Å². The van der Waals surface area contributed by atoms with E-state index in [2.05, 4.69) is 15.7 Å². The highest BCUT2D eigenvalue weighted by Crippen LogP contribution is 2.16. The highest BCUT2D eigenvalue weighted by molar-refractivity contribution is 5.75. The van der Waals surface area contributed by atoms with Crippen LogP contribution in [0.25, 0.3) is 0 Å². The van der Waals surface area contributed by atoms with Crippen molar-refractivity contribution in [1.29, 1.82) is 0 Å². The van der Waals surface area contributed by atoms with Crippen LogP contribution in [0.1, 0.15) is 25.0 Å². The number of aryl methyl sites for hydroxylation is 2. The van der Waals surface area contributed by atoms with Gasteiger partial charge in [-0.05, 0) is 19.3 Å². The second kappa shape index (κ2) is 5.66. The molecule has 0 aliphatic carbocycles. The predicted octanol–water partition coefficient (Wildman–Crippen LogP) is 0.128. The van der Waals surface area contributed by atoms with Crippen molar-refractivity contribution in [3.63, 3.8) is 0 Å². The van der Waals surface area contributed by atoms with E-state index in [-0.39, 0.29) is 11.5 Å². The molecule has 1 aliphatic heterocycles. The molecule has 0 fully saturated rings. The molecule has 0 spiro atoms. The molecular weight excluding hydrogens is 232 g/mol. The van der Waals surface area contributed by atoms with Crippen molar-refractivity contribution < 1.29 is 4.79 Å². The van der Waals surface area contributed by atoms with Crippen LogP contribution in [0, 0.1) is 0 Å². The van der Waals surface area contributed by atoms with Gasteiger partial charge in [0, 0.05) is 32.6 Å². The van der Waals surface area contributed by atoms with E-state index in [0.29, 0.717) is 19.4 Å². The third-order valence-electron chi connectivity index (χ3n) is 3.03. The molecule has 0 saturated carbocycles. The number of aromatic nitrogens is 2. The van der Waals surface area contributed by atoms with Gasteiger partial charge >= 0.3 is 0 Å². The third-order valence-corrected chi connectivity index (χ3v) is 3.03. The van der Waals surface area contributed by atoms with Gasteiger partial charge in [0.2, 0.25) is 5.91 Å². The van der Waals surface area contributed by atoms with E-state index < -0.39 is 0 Å². The van der Waals surface area contributed by atoms with Gasteiger partial charge in [-0.3, -0.25) is 9.59 Å². The summed E-state index contributed by atoms with van der Waals surface area (Å²) in [5, 5.41) is 10.1. The van der Waals surface area contributed by atoms with Crippen LogP contribution in [0.2, 0.25) is 0 Å². The Bertz CT molecular complexity index is 495. The molecule has 2 rings (SSSR count). The summed E-state index contributed by atoms with van der Waals surface area (Å²) < 4.78 is 1.45. The van der Waals surface area contributed by atoms with Crippen molar-refractivity contribution in [2.75, 3.05) is 18.9 Å². The van der Waals surface area contributed by atoms with Gasteiger partial charge in [0.25, 0.3) is 5.56 Å². The summed E-state index contributed by atoms with van der Waals surface area (Å²) in [7, 11) is 1.61. The number of fused-ring (bicyclic) bond motifs is 1. The number of nitrogens with zero attached hydrogens (tertiary/aromatic N) is 2. The first-order valence-electron chi connectivity index (χ1n) is 6.26. The van der Waals surface area contributed by atoms with Crippen molar-refractivity contribution in [3.8, 4) is 0 Å². The summed E-state index contributed by atoms with van der Waals surface area (Å²) in [6.07, 6.45) is 2.98. The fourth-order valence-electron chi connectivity index (χ4n) is 2.02. The number of hydrogen-bond acceptors (Lipinski definition) is 4. The van der Waals surface area contributed by atoms with Gasteiger partial charge in [0.15, 0.2) is 0 Å². The zero-order chi connectivity index (χ0) is 13.0. The second-order valence-electron chi connectivity index (χ2n) is 4.37. The topological polar surface area (TPSA) is 76.0 Å².